The number of aryl methyl sites for hydroxylation is 2. The fourth-order valence-corrected chi connectivity index (χ4v) is 3.55. The lowest BCUT2D eigenvalue weighted by molar-refractivity contribution is 0.0690. The Bertz CT molecular complexity index is 685. The van der Waals surface area contributed by atoms with Gasteiger partial charge < -0.3 is 10.4 Å². The molecule has 2 N–H and O–H groups in total. The number of amides is 1. The third-order valence-corrected chi connectivity index (χ3v) is 4.67. The summed E-state index contributed by atoms with van der Waals surface area (Å²) >= 11 is 1.52. The zero-order chi connectivity index (χ0) is 14.8. The molecule has 0 aromatic carbocycles. The van der Waals surface area contributed by atoms with Crippen molar-refractivity contribution in [2.75, 3.05) is 5.32 Å². The number of thiophene rings is 1. The highest BCUT2D eigenvalue weighted by molar-refractivity contribution is 7.14. The summed E-state index contributed by atoms with van der Waals surface area (Å²) in [5.74, 6) is -1.09. The number of carboxylic acids is 1. The number of carbonyl (C=O) groups is 2. The topological polar surface area (TPSA) is 79.3 Å². The number of aromatic carboxylic acids is 1. The predicted molar refractivity (Wildman–Crippen MR) is 80.1 cm³/mol. The molecule has 2 aromatic rings. The predicted octanol–water partition coefficient (Wildman–Crippen LogP) is 2.97. The molecule has 0 atom stereocenters. The quantitative estimate of drug-likeness (QED) is 0.913. The number of nitrogens with one attached hydrogen (secondary N) is 1. The molecule has 0 saturated heterocycles. The number of aromatic nitrogens is 1. The highest BCUT2D eigenvalue weighted by Gasteiger charge is 2.17. The molecule has 2 aromatic heterocycles. The van der Waals surface area contributed by atoms with Crippen LogP contribution < -0.4 is 5.32 Å². The van der Waals surface area contributed by atoms with Gasteiger partial charge in [-0.3, -0.25) is 4.79 Å². The second kappa shape index (κ2) is 5.65. The van der Waals surface area contributed by atoms with Gasteiger partial charge in [0.2, 0.25) is 0 Å². The first kappa shape index (κ1) is 13.8. The first-order valence-electron chi connectivity index (χ1n) is 6.77. The van der Waals surface area contributed by atoms with Crippen LogP contribution in [0.25, 0.3) is 0 Å². The summed E-state index contributed by atoms with van der Waals surface area (Å²) < 4.78 is 0. The van der Waals surface area contributed by atoms with Gasteiger partial charge in [-0.05, 0) is 49.4 Å². The Kier molecular flexibility index (Phi) is 3.70. The van der Waals surface area contributed by atoms with Crippen LogP contribution in [0.1, 0.15) is 43.4 Å². The molecule has 0 aliphatic heterocycles. The van der Waals surface area contributed by atoms with Crippen molar-refractivity contribution in [3.8, 4) is 0 Å². The molecular formula is C15H14N2O3S. The molecule has 0 saturated carbocycles. The molecule has 0 spiro atoms. The summed E-state index contributed by atoms with van der Waals surface area (Å²) in [5, 5.41) is 11.6. The Morgan fingerprint density at radius 1 is 1.24 bits per heavy atom. The number of hydrogen-bond acceptors (Lipinski definition) is 4. The summed E-state index contributed by atoms with van der Waals surface area (Å²) in [6.45, 7) is 0. The number of anilines is 1. The van der Waals surface area contributed by atoms with Crippen molar-refractivity contribution in [3.63, 3.8) is 0 Å². The molecule has 0 bridgehead atoms. The lowest BCUT2D eigenvalue weighted by Gasteiger charge is -2.08. The number of carboxylic acid groups (broad SMARTS) is 1. The first-order chi connectivity index (χ1) is 10.1. The van der Waals surface area contributed by atoms with Gasteiger partial charge in [0.1, 0.15) is 5.82 Å². The van der Waals surface area contributed by atoms with E-state index in [2.05, 4.69) is 10.3 Å². The molecule has 0 radical (unpaired) electrons. The van der Waals surface area contributed by atoms with Gasteiger partial charge >= 0.3 is 5.97 Å². The fraction of sp³-hybridized carbons (Fsp3) is 0.267. The Morgan fingerprint density at radius 3 is 2.81 bits per heavy atom. The number of nitrogens with zero attached hydrogens (tertiary/aromatic N) is 1. The van der Waals surface area contributed by atoms with E-state index in [0.717, 1.165) is 12.8 Å². The van der Waals surface area contributed by atoms with Crippen LogP contribution in [0.4, 0.5) is 5.82 Å². The molecule has 21 heavy (non-hydrogen) atoms. The monoisotopic (exact) mass is 302 g/mol. The van der Waals surface area contributed by atoms with Gasteiger partial charge in [0.25, 0.3) is 5.91 Å². The van der Waals surface area contributed by atoms with Gasteiger partial charge in [0, 0.05) is 4.88 Å². The third-order valence-electron chi connectivity index (χ3n) is 3.43. The van der Waals surface area contributed by atoms with E-state index < -0.39 is 5.97 Å². The fourth-order valence-electron chi connectivity index (χ4n) is 2.40. The van der Waals surface area contributed by atoms with Gasteiger partial charge in [-0.15, -0.1) is 11.3 Å². The number of pyridine rings is 1. The van der Waals surface area contributed by atoms with Gasteiger partial charge in [0.05, 0.1) is 4.88 Å². The Morgan fingerprint density at radius 2 is 2.05 bits per heavy atom. The van der Waals surface area contributed by atoms with E-state index in [1.54, 1.807) is 12.1 Å². The van der Waals surface area contributed by atoms with Crippen LogP contribution in [0.15, 0.2) is 24.3 Å². The highest BCUT2D eigenvalue weighted by atomic mass is 32.1. The molecule has 6 heteroatoms. The maximum absolute atomic E-state index is 12.2. The van der Waals surface area contributed by atoms with E-state index in [0.29, 0.717) is 4.88 Å². The zero-order valence-corrected chi connectivity index (χ0v) is 12.1. The smallest absolute Gasteiger partial charge is 0.354 e. The Balaban J connectivity index is 1.78. The van der Waals surface area contributed by atoms with Crippen molar-refractivity contribution in [3.05, 3.63) is 45.3 Å². The first-order valence-corrected chi connectivity index (χ1v) is 7.58. The average Bonchev–Trinajstić information content (AvgIpc) is 2.91. The van der Waals surface area contributed by atoms with Crippen LogP contribution in [-0.4, -0.2) is 22.0 Å². The molecule has 1 amide bonds. The van der Waals surface area contributed by atoms with Crippen LogP contribution in [-0.2, 0) is 12.8 Å². The Hall–Kier alpha value is -2.21. The normalized spacial score (nSPS) is 13.5. The summed E-state index contributed by atoms with van der Waals surface area (Å²) in [6.07, 6.45) is 4.43. The second-order valence-electron chi connectivity index (χ2n) is 4.93. The minimum absolute atomic E-state index is 0.0849. The van der Waals surface area contributed by atoms with Crippen LogP contribution in [0.3, 0.4) is 0 Å². The molecule has 3 rings (SSSR count). The van der Waals surface area contributed by atoms with Crippen molar-refractivity contribution in [1.82, 2.24) is 4.98 Å². The zero-order valence-electron chi connectivity index (χ0n) is 11.3. The highest BCUT2D eigenvalue weighted by Crippen LogP contribution is 2.30. The van der Waals surface area contributed by atoms with E-state index in [1.165, 1.54) is 40.7 Å². The van der Waals surface area contributed by atoms with Gasteiger partial charge in [-0.1, -0.05) is 6.07 Å². The van der Waals surface area contributed by atoms with Crippen molar-refractivity contribution >= 4 is 29.0 Å². The van der Waals surface area contributed by atoms with E-state index in [1.807, 2.05) is 6.07 Å². The van der Waals surface area contributed by atoms with Crippen LogP contribution in [0.5, 0.6) is 0 Å². The molecule has 1 aliphatic rings. The summed E-state index contributed by atoms with van der Waals surface area (Å²) in [4.78, 5) is 28.9. The molecule has 0 fully saturated rings. The SMILES string of the molecule is O=C(O)c1cccc(NC(=O)c2cc3c(s2)CCCC3)n1. The van der Waals surface area contributed by atoms with Crippen molar-refractivity contribution in [1.29, 1.82) is 0 Å². The number of carbonyl (C=O) groups excluding carboxylic acids is 1. The number of hydrogen-bond donors (Lipinski definition) is 2. The van der Waals surface area contributed by atoms with E-state index in [4.69, 9.17) is 5.11 Å². The number of rotatable bonds is 3. The van der Waals surface area contributed by atoms with Gasteiger partial charge in [-0.25, -0.2) is 9.78 Å². The van der Waals surface area contributed by atoms with E-state index in [-0.39, 0.29) is 17.4 Å². The minimum atomic E-state index is -1.11. The lowest BCUT2D eigenvalue weighted by Crippen LogP contribution is -2.12. The third kappa shape index (κ3) is 2.95. The maximum Gasteiger partial charge on any atom is 0.354 e. The molecular weight excluding hydrogens is 288 g/mol. The molecule has 2 heterocycles. The van der Waals surface area contributed by atoms with Crippen LogP contribution >= 0.6 is 11.3 Å². The molecule has 5 nitrogen and oxygen atoms in total. The van der Waals surface area contributed by atoms with Crippen molar-refractivity contribution < 1.29 is 14.7 Å². The maximum atomic E-state index is 12.2. The van der Waals surface area contributed by atoms with Crippen molar-refractivity contribution in [2.24, 2.45) is 0 Å². The largest absolute Gasteiger partial charge is 0.477 e. The second-order valence-corrected chi connectivity index (χ2v) is 6.07. The van der Waals surface area contributed by atoms with Crippen LogP contribution in [0, 0.1) is 0 Å². The molecule has 108 valence electrons. The van der Waals surface area contributed by atoms with E-state index in [9.17, 15) is 9.59 Å². The van der Waals surface area contributed by atoms with Gasteiger partial charge in [0.15, 0.2) is 5.69 Å². The summed E-state index contributed by atoms with van der Waals surface area (Å²) in [7, 11) is 0. The summed E-state index contributed by atoms with van der Waals surface area (Å²) in [6, 6.07) is 6.47. The van der Waals surface area contributed by atoms with E-state index >= 15 is 0 Å². The summed E-state index contributed by atoms with van der Waals surface area (Å²) in [5.41, 5.74) is 1.18. The Labute approximate surface area is 125 Å². The minimum Gasteiger partial charge on any atom is -0.477 e. The standard InChI is InChI=1S/C15H14N2O3S/c18-14(12-8-9-4-1-2-6-11(9)21-12)17-13-7-3-5-10(16-13)15(19)20/h3,5,7-8H,1-2,4,6H2,(H,19,20)(H,16,17,18). The molecule has 1 aliphatic carbocycles. The van der Waals surface area contributed by atoms with Crippen molar-refractivity contribution in [2.45, 2.75) is 25.7 Å². The molecule has 0 unspecified atom stereocenters. The van der Waals surface area contributed by atoms with Gasteiger partial charge in [-0.2, -0.15) is 0 Å². The lowest BCUT2D eigenvalue weighted by atomic mass is 9.99. The average molecular weight is 302 g/mol. The van der Waals surface area contributed by atoms with Crippen LogP contribution in [0.2, 0.25) is 0 Å². The number of fused-ring (bicyclic) bond motifs is 1.